The van der Waals surface area contributed by atoms with Gasteiger partial charge in [0.15, 0.2) is 6.10 Å². The average Bonchev–Trinajstić information content (AvgIpc) is 2.48. The van der Waals surface area contributed by atoms with Crippen molar-refractivity contribution in [2.24, 2.45) is 0 Å². The van der Waals surface area contributed by atoms with E-state index in [-0.39, 0.29) is 5.91 Å². The molecule has 20 heavy (non-hydrogen) atoms. The van der Waals surface area contributed by atoms with E-state index in [1.807, 2.05) is 42.2 Å². The zero-order chi connectivity index (χ0) is 14.8. The van der Waals surface area contributed by atoms with Gasteiger partial charge in [0.25, 0.3) is 5.91 Å². The number of amides is 1. The van der Waals surface area contributed by atoms with Crippen LogP contribution >= 0.6 is 0 Å². The summed E-state index contributed by atoms with van der Waals surface area (Å²) in [6.45, 7) is 7.79. The van der Waals surface area contributed by atoms with Gasteiger partial charge in [0.2, 0.25) is 0 Å². The van der Waals surface area contributed by atoms with Crippen molar-refractivity contribution in [3.05, 3.63) is 30.3 Å². The van der Waals surface area contributed by atoms with Gasteiger partial charge in [-0.1, -0.05) is 44.9 Å². The first-order valence-corrected chi connectivity index (χ1v) is 7.69. The number of rotatable bonds is 9. The summed E-state index contributed by atoms with van der Waals surface area (Å²) in [6.07, 6.45) is 3.88. The van der Waals surface area contributed by atoms with E-state index < -0.39 is 6.10 Å². The van der Waals surface area contributed by atoms with Crippen LogP contribution in [-0.4, -0.2) is 30.0 Å². The van der Waals surface area contributed by atoms with Crippen LogP contribution in [0.25, 0.3) is 0 Å². The molecule has 0 radical (unpaired) electrons. The molecule has 1 aromatic carbocycles. The Bertz CT molecular complexity index is 370. The fourth-order valence-corrected chi connectivity index (χ4v) is 2.04. The van der Waals surface area contributed by atoms with Crippen molar-refractivity contribution in [2.45, 2.75) is 52.6 Å². The van der Waals surface area contributed by atoms with Gasteiger partial charge in [-0.15, -0.1) is 0 Å². The summed E-state index contributed by atoms with van der Waals surface area (Å²) >= 11 is 0. The average molecular weight is 277 g/mol. The molecular formula is C17H27NO2. The minimum absolute atomic E-state index is 0.0933. The smallest absolute Gasteiger partial charge is 0.263 e. The van der Waals surface area contributed by atoms with Crippen LogP contribution < -0.4 is 4.74 Å². The molecule has 0 unspecified atom stereocenters. The zero-order valence-electron chi connectivity index (χ0n) is 13.0. The highest BCUT2D eigenvalue weighted by molar-refractivity contribution is 5.80. The Morgan fingerprint density at radius 2 is 1.65 bits per heavy atom. The van der Waals surface area contributed by atoms with Crippen molar-refractivity contribution in [1.82, 2.24) is 4.90 Å². The van der Waals surface area contributed by atoms with Crippen LogP contribution in [0.5, 0.6) is 5.75 Å². The molecule has 3 nitrogen and oxygen atoms in total. The third-order valence-electron chi connectivity index (χ3n) is 3.28. The van der Waals surface area contributed by atoms with E-state index in [1.165, 1.54) is 0 Å². The maximum Gasteiger partial charge on any atom is 0.263 e. The van der Waals surface area contributed by atoms with Crippen molar-refractivity contribution >= 4 is 5.91 Å². The fourth-order valence-electron chi connectivity index (χ4n) is 2.04. The molecule has 1 aromatic rings. The Kier molecular flexibility index (Phi) is 7.78. The first-order chi connectivity index (χ1) is 9.69. The molecule has 0 heterocycles. The van der Waals surface area contributed by atoms with E-state index in [9.17, 15) is 4.79 Å². The molecule has 0 spiro atoms. The fraction of sp³-hybridized carbons (Fsp3) is 0.588. The van der Waals surface area contributed by atoms with Crippen molar-refractivity contribution < 1.29 is 9.53 Å². The van der Waals surface area contributed by atoms with E-state index in [2.05, 4.69) is 13.8 Å². The molecule has 0 saturated heterocycles. The van der Waals surface area contributed by atoms with Crippen LogP contribution in [0.15, 0.2) is 30.3 Å². The monoisotopic (exact) mass is 277 g/mol. The molecule has 1 atom stereocenters. The third kappa shape index (κ3) is 5.64. The summed E-state index contributed by atoms with van der Waals surface area (Å²) in [7, 11) is 0. The molecule has 1 rings (SSSR count). The van der Waals surface area contributed by atoms with Crippen LogP contribution in [-0.2, 0) is 4.79 Å². The topological polar surface area (TPSA) is 29.5 Å². The lowest BCUT2D eigenvalue weighted by atomic mass is 10.2. The lowest BCUT2D eigenvalue weighted by molar-refractivity contribution is -0.138. The molecule has 0 N–H and O–H groups in total. The van der Waals surface area contributed by atoms with Gasteiger partial charge in [0.1, 0.15) is 5.75 Å². The predicted molar refractivity (Wildman–Crippen MR) is 82.9 cm³/mol. The second kappa shape index (κ2) is 9.40. The molecule has 0 fully saturated rings. The van der Waals surface area contributed by atoms with E-state index in [0.717, 1.165) is 44.5 Å². The van der Waals surface area contributed by atoms with Crippen LogP contribution in [0.1, 0.15) is 46.5 Å². The quantitative estimate of drug-likeness (QED) is 0.685. The third-order valence-corrected chi connectivity index (χ3v) is 3.28. The molecule has 3 heteroatoms. The summed E-state index contributed by atoms with van der Waals surface area (Å²) < 4.78 is 5.73. The summed E-state index contributed by atoms with van der Waals surface area (Å²) in [5, 5.41) is 0. The van der Waals surface area contributed by atoms with Gasteiger partial charge in [-0.05, 0) is 31.9 Å². The molecule has 0 bridgehead atoms. The lowest BCUT2D eigenvalue weighted by Crippen LogP contribution is -2.41. The van der Waals surface area contributed by atoms with Gasteiger partial charge in [-0.25, -0.2) is 0 Å². The highest BCUT2D eigenvalue weighted by atomic mass is 16.5. The Morgan fingerprint density at radius 1 is 1.10 bits per heavy atom. The minimum Gasteiger partial charge on any atom is -0.481 e. The van der Waals surface area contributed by atoms with Gasteiger partial charge >= 0.3 is 0 Å². The van der Waals surface area contributed by atoms with E-state index in [0.29, 0.717) is 0 Å². The second-order valence-electron chi connectivity index (χ2n) is 5.11. The molecule has 0 aliphatic carbocycles. The van der Waals surface area contributed by atoms with Crippen molar-refractivity contribution in [1.29, 1.82) is 0 Å². The molecule has 1 amide bonds. The number of nitrogens with zero attached hydrogens (tertiary/aromatic N) is 1. The summed E-state index contributed by atoms with van der Waals surface area (Å²) in [4.78, 5) is 14.4. The Labute approximate surface area is 122 Å². The molecule has 0 aliphatic rings. The number of unbranched alkanes of at least 4 members (excludes halogenated alkanes) is 2. The van der Waals surface area contributed by atoms with E-state index >= 15 is 0 Å². The molecular weight excluding hydrogens is 250 g/mol. The van der Waals surface area contributed by atoms with Gasteiger partial charge in [0.05, 0.1) is 0 Å². The van der Waals surface area contributed by atoms with Crippen LogP contribution in [0.2, 0.25) is 0 Å². The first kappa shape index (κ1) is 16.5. The molecule has 0 aromatic heterocycles. The number of hydrogen-bond acceptors (Lipinski definition) is 2. The van der Waals surface area contributed by atoms with Gasteiger partial charge in [0, 0.05) is 13.1 Å². The minimum atomic E-state index is -0.425. The molecule has 112 valence electrons. The number of benzene rings is 1. The van der Waals surface area contributed by atoms with Gasteiger partial charge in [-0.2, -0.15) is 0 Å². The normalized spacial score (nSPS) is 11.9. The summed E-state index contributed by atoms with van der Waals surface area (Å²) in [5.41, 5.74) is 0. The van der Waals surface area contributed by atoms with Crippen molar-refractivity contribution in [3.8, 4) is 5.75 Å². The highest BCUT2D eigenvalue weighted by Crippen LogP contribution is 2.12. The lowest BCUT2D eigenvalue weighted by Gasteiger charge is -2.26. The highest BCUT2D eigenvalue weighted by Gasteiger charge is 2.21. The van der Waals surface area contributed by atoms with Crippen LogP contribution in [0.3, 0.4) is 0 Å². The summed E-state index contributed by atoms with van der Waals surface area (Å²) in [6, 6.07) is 9.53. The first-order valence-electron chi connectivity index (χ1n) is 7.69. The maximum atomic E-state index is 12.5. The Morgan fingerprint density at radius 3 is 2.15 bits per heavy atom. The number of carbonyl (C=O) groups excluding carboxylic acids is 1. The largest absolute Gasteiger partial charge is 0.481 e. The number of carbonyl (C=O) groups is 1. The maximum absolute atomic E-state index is 12.5. The van der Waals surface area contributed by atoms with E-state index in [4.69, 9.17) is 4.74 Å². The molecule has 0 saturated carbocycles. The van der Waals surface area contributed by atoms with Crippen molar-refractivity contribution in [2.75, 3.05) is 13.1 Å². The number of para-hydroxylation sites is 1. The van der Waals surface area contributed by atoms with Crippen molar-refractivity contribution in [3.63, 3.8) is 0 Å². The zero-order valence-corrected chi connectivity index (χ0v) is 13.0. The predicted octanol–water partition coefficient (Wildman–Crippen LogP) is 3.88. The molecule has 0 aliphatic heterocycles. The number of hydrogen-bond donors (Lipinski definition) is 0. The Hall–Kier alpha value is -1.51. The van der Waals surface area contributed by atoms with Gasteiger partial charge in [-0.3, -0.25) is 4.79 Å². The Balaban J connectivity index is 2.57. The summed E-state index contributed by atoms with van der Waals surface area (Å²) in [5.74, 6) is 0.843. The second-order valence-corrected chi connectivity index (χ2v) is 5.11. The van der Waals surface area contributed by atoms with E-state index in [1.54, 1.807) is 0 Å². The van der Waals surface area contributed by atoms with Crippen LogP contribution in [0, 0.1) is 0 Å². The SMILES string of the molecule is CCCCN(CCCC)C(=O)[C@@H](C)Oc1ccccc1. The number of ether oxygens (including phenoxy) is 1. The van der Waals surface area contributed by atoms with Gasteiger partial charge < -0.3 is 9.64 Å². The van der Waals surface area contributed by atoms with Crippen LogP contribution in [0.4, 0.5) is 0 Å². The standard InChI is InChI=1S/C17H27NO2/c1-4-6-13-18(14-7-5-2)17(19)15(3)20-16-11-9-8-10-12-16/h8-12,15H,4-7,13-14H2,1-3H3/t15-/m1/s1.